The van der Waals surface area contributed by atoms with Crippen molar-refractivity contribution in [3.05, 3.63) is 59.3 Å². The fourth-order valence-electron chi connectivity index (χ4n) is 5.78. The maximum atomic E-state index is 14.3. The van der Waals surface area contributed by atoms with E-state index in [2.05, 4.69) is 0 Å². The lowest BCUT2D eigenvalue weighted by Crippen LogP contribution is -2.50. The molecular formula is C26H25F4NO4. The van der Waals surface area contributed by atoms with Gasteiger partial charge in [-0.1, -0.05) is 19.9 Å². The molecule has 0 unspecified atom stereocenters. The number of ether oxygens (including phenoxy) is 1. The van der Waals surface area contributed by atoms with Crippen molar-refractivity contribution in [1.82, 2.24) is 4.57 Å². The molecule has 1 aromatic heterocycles. The van der Waals surface area contributed by atoms with Crippen LogP contribution in [0.4, 0.5) is 17.6 Å². The lowest BCUT2D eigenvalue weighted by molar-refractivity contribution is -0.178. The third kappa shape index (κ3) is 3.27. The van der Waals surface area contributed by atoms with E-state index in [0.29, 0.717) is 27.8 Å². The fraction of sp³-hybridized carbons (Fsp3) is 0.423. The fourth-order valence-corrected chi connectivity index (χ4v) is 5.78. The van der Waals surface area contributed by atoms with Crippen molar-refractivity contribution in [3.63, 3.8) is 0 Å². The van der Waals surface area contributed by atoms with Crippen LogP contribution in [0.25, 0.3) is 16.6 Å². The summed E-state index contributed by atoms with van der Waals surface area (Å²) in [5.41, 5.74) is -1.79. The smallest absolute Gasteiger partial charge is 0.315 e. The van der Waals surface area contributed by atoms with Crippen LogP contribution in [-0.4, -0.2) is 33.8 Å². The Morgan fingerprint density at radius 3 is 2.34 bits per heavy atom. The predicted octanol–water partition coefficient (Wildman–Crippen LogP) is 6.03. The number of fused-ring (bicyclic) bond motifs is 4. The number of hydrogen-bond donors (Lipinski definition) is 2. The van der Waals surface area contributed by atoms with Crippen molar-refractivity contribution >= 4 is 16.9 Å². The SMILES string of the molecule is CC1(C)COC2(CCC(C(=O)O)(C(F)F)CC2)c2c1n(-c1ccc(F)c(F)c1)c1cccc(O)c21. The number of halogens is 4. The van der Waals surface area contributed by atoms with Crippen LogP contribution in [0.3, 0.4) is 0 Å². The molecule has 2 aromatic carbocycles. The van der Waals surface area contributed by atoms with E-state index in [4.69, 9.17) is 4.74 Å². The van der Waals surface area contributed by atoms with Gasteiger partial charge in [-0.2, -0.15) is 0 Å². The van der Waals surface area contributed by atoms with Crippen molar-refractivity contribution in [2.45, 2.75) is 57.0 Å². The Labute approximate surface area is 198 Å². The van der Waals surface area contributed by atoms with Crippen LogP contribution in [0.2, 0.25) is 0 Å². The Hall–Kier alpha value is -3.07. The largest absolute Gasteiger partial charge is 0.507 e. The molecule has 0 radical (unpaired) electrons. The van der Waals surface area contributed by atoms with Crippen molar-refractivity contribution < 1.29 is 37.3 Å². The molecule has 0 atom stereocenters. The molecule has 2 aliphatic rings. The zero-order valence-corrected chi connectivity index (χ0v) is 19.2. The maximum absolute atomic E-state index is 14.3. The maximum Gasteiger partial charge on any atom is 0.315 e. The molecule has 5 rings (SSSR count). The van der Waals surface area contributed by atoms with E-state index in [1.54, 1.807) is 16.7 Å². The molecule has 0 saturated heterocycles. The van der Waals surface area contributed by atoms with Crippen molar-refractivity contribution in [3.8, 4) is 11.4 Å². The summed E-state index contributed by atoms with van der Waals surface area (Å²) in [6, 6.07) is 8.41. The number of carbonyl (C=O) groups is 1. The van der Waals surface area contributed by atoms with E-state index >= 15 is 0 Å². The summed E-state index contributed by atoms with van der Waals surface area (Å²) in [6.07, 6.45) is -3.61. The van der Waals surface area contributed by atoms with E-state index in [1.807, 2.05) is 13.8 Å². The van der Waals surface area contributed by atoms with Crippen LogP contribution in [0.15, 0.2) is 36.4 Å². The van der Waals surface area contributed by atoms with Gasteiger partial charge in [0, 0.05) is 33.8 Å². The lowest BCUT2D eigenvalue weighted by atomic mass is 9.64. The second kappa shape index (κ2) is 7.71. The predicted molar refractivity (Wildman–Crippen MR) is 120 cm³/mol. The average Bonchev–Trinajstić information content (AvgIpc) is 3.18. The van der Waals surface area contributed by atoms with Gasteiger partial charge in [-0.05, 0) is 49.9 Å². The van der Waals surface area contributed by atoms with Gasteiger partial charge in [0.25, 0.3) is 6.43 Å². The Bertz CT molecular complexity index is 1340. The summed E-state index contributed by atoms with van der Waals surface area (Å²) in [5, 5.41) is 21.0. The highest BCUT2D eigenvalue weighted by Gasteiger charge is 2.57. The molecule has 1 fully saturated rings. The summed E-state index contributed by atoms with van der Waals surface area (Å²) in [4.78, 5) is 11.8. The number of aromatic nitrogens is 1. The highest BCUT2D eigenvalue weighted by molar-refractivity contribution is 5.94. The highest BCUT2D eigenvalue weighted by Crippen LogP contribution is 2.58. The van der Waals surface area contributed by atoms with E-state index < -0.39 is 40.5 Å². The molecule has 5 nitrogen and oxygen atoms in total. The summed E-state index contributed by atoms with van der Waals surface area (Å²) >= 11 is 0. The summed E-state index contributed by atoms with van der Waals surface area (Å²) in [6.45, 7) is 4.01. The number of carboxylic acid groups (broad SMARTS) is 1. The number of phenolic OH excluding ortho intramolecular Hbond substituents is 1. The quantitative estimate of drug-likeness (QED) is 0.439. The number of carboxylic acids is 1. The molecule has 9 heteroatoms. The molecule has 1 aliphatic carbocycles. The third-order valence-corrected chi connectivity index (χ3v) is 7.73. The number of alkyl halides is 2. The molecular weight excluding hydrogens is 466 g/mol. The van der Waals surface area contributed by atoms with Crippen LogP contribution in [-0.2, 0) is 20.5 Å². The van der Waals surface area contributed by atoms with Gasteiger partial charge in [-0.15, -0.1) is 0 Å². The van der Waals surface area contributed by atoms with Crippen LogP contribution in [0.5, 0.6) is 5.75 Å². The molecule has 2 N–H and O–H groups in total. The first-order valence-corrected chi connectivity index (χ1v) is 11.4. The average molecular weight is 491 g/mol. The minimum Gasteiger partial charge on any atom is -0.507 e. The monoisotopic (exact) mass is 491 g/mol. The van der Waals surface area contributed by atoms with Crippen molar-refractivity contribution in [1.29, 1.82) is 0 Å². The van der Waals surface area contributed by atoms with E-state index in [0.717, 1.165) is 12.1 Å². The number of phenols is 1. The molecule has 0 amide bonds. The Kier molecular flexibility index (Phi) is 5.22. The zero-order valence-electron chi connectivity index (χ0n) is 19.2. The third-order valence-electron chi connectivity index (χ3n) is 7.73. The van der Waals surface area contributed by atoms with Gasteiger partial charge in [0.1, 0.15) is 11.2 Å². The van der Waals surface area contributed by atoms with Gasteiger partial charge in [0.2, 0.25) is 0 Å². The van der Waals surface area contributed by atoms with Crippen LogP contribution >= 0.6 is 0 Å². The van der Waals surface area contributed by atoms with Gasteiger partial charge < -0.3 is 19.5 Å². The van der Waals surface area contributed by atoms with Crippen molar-refractivity contribution in [2.75, 3.05) is 6.61 Å². The molecule has 35 heavy (non-hydrogen) atoms. The second-order valence-electron chi connectivity index (χ2n) is 10.3. The minimum atomic E-state index is -3.03. The number of aliphatic carboxylic acids is 1. The van der Waals surface area contributed by atoms with Crippen molar-refractivity contribution in [2.24, 2.45) is 5.41 Å². The van der Waals surface area contributed by atoms with Gasteiger partial charge in [-0.25, -0.2) is 17.6 Å². The topological polar surface area (TPSA) is 71.7 Å². The Morgan fingerprint density at radius 1 is 1.06 bits per heavy atom. The summed E-state index contributed by atoms with van der Waals surface area (Å²) in [5.74, 6) is -3.63. The number of rotatable bonds is 3. The molecule has 1 saturated carbocycles. The van der Waals surface area contributed by atoms with E-state index in [1.165, 1.54) is 12.1 Å². The second-order valence-corrected chi connectivity index (χ2v) is 10.3. The first-order chi connectivity index (χ1) is 16.4. The normalized spacial score (nSPS) is 25.8. The van der Waals surface area contributed by atoms with Gasteiger partial charge in [0.05, 0.1) is 17.7 Å². The first-order valence-electron chi connectivity index (χ1n) is 11.4. The molecule has 1 spiro atoms. The number of benzene rings is 2. The summed E-state index contributed by atoms with van der Waals surface area (Å²) in [7, 11) is 0. The minimum absolute atomic E-state index is 0.0119. The summed E-state index contributed by atoms with van der Waals surface area (Å²) < 4.78 is 63.9. The van der Waals surface area contributed by atoms with Gasteiger partial charge in [0.15, 0.2) is 11.6 Å². The van der Waals surface area contributed by atoms with E-state index in [-0.39, 0.29) is 38.0 Å². The standard InChI is InChI=1S/C26H25F4NO4/c1-24(2)13-35-26(10-8-25(9-11-26,22(29)30)23(33)34)20-19-17(4-3-5-18(19)32)31(21(20)24)14-6-7-15(27)16(28)12-14/h3-7,12,22,32H,8-11,13H2,1-2H3,(H,33,34). The van der Waals surface area contributed by atoms with E-state index in [9.17, 15) is 32.6 Å². The van der Waals surface area contributed by atoms with Crippen LogP contribution in [0.1, 0.15) is 50.8 Å². The molecule has 0 bridgehead atoms. The molecule has 2 heterocycles. The molecule has 3 aromatic rings. The number of aromatic hydroxyl groups is 1. The number of nitrogens with zero attached hydrogens (tertiary/aromatic N) is 1. The number of hydrogen-bond acceptors (Lipinski definition) is 3. The Morgan fingerprint density at radius 2 is 1.74 bits per heavy atom. The van der Waals surface area contributed by atoms with Gasteiger partial charge >= 0.3 is 5.97 Å². The lowest BCUT2D eigenvalue weighted by Gasteiger charge is -2.49. The first kappa shape index (κ1) is 23.7. The molecule has 1 aliphatic heterocycles. The Balaban J connectivity index is 1.79. The highest BCUT2D eigenvalue weighted by atomic mass is 19.3. The van der Waals surface area contributed by atoms with Gasteiger partial charge in [-0.3, -0.25) is 4.79 Å². The zero-order chi connectivity index (χ0) is 25.3. The van der Waals surface area contributed by atoms with Crippen LogP contribution < -0.4 is 0 Å². The molecule has 186 valence electrons. The van der Waals surface area contributed by atoms with Crippen LogP contribution in [0, 0.1) is 17.0 Å².